The first-order chi connectivity index (χ1) is 19.6. The quantitative estimate of drug-likeness (QED) is 0.161. The molecule has 0 unspecified atom stereocenters. The predicted molar refractivity (Wildman–Crippen MR) is 169 cm³/mol. The van der Waals surface area contributed by atoms with Crippen LogP contribution in [0.2, 0.25) is 15.1 Å². The number of H-pyrrole nitrogens is 1. The number of aromatic nitrogens is 1. The molecule has 0 aliphatic heterocycles. The Bertz CT molecular complexity index is 1800. The van der Waals surface area contributed by atoms with Crippen molar-refractivity contribution >= 4 is 92.1 Å². The number of benzene rings is 4. The molecular formula is C31H20Cl5N3O2. The maximum absolute atomic E-state index is 13.2. The first kappa shape index (κ1) is 28.0. The maximum atomic E-state index is 13.2. The van der Waals surface area contributed by atoms with Gasteiger partial charge in [0.15, 0.2) is 0 Å². The molecule has 6 rings (SSSR count). The van der Waals surface area contributed by atoms with Gasteiger partial charge >= 0.3 is 0 Å². The molecule has 5 nitrogen and oxygen atoms in total. The van der Waals surface area contributed by atoms with E-state index in [-0.39, 0.29) is 10.6 Å². The Balaban J connectivity index is 1.18. The van der Waals surface area contributed by atoms with Crippen LogP contribution in [0, 0.1) is 5.92 Å². The molecule has 0 spiro atoms. The molecule has 1 aliphatic rings. The molecule has 41 heavy (non-hydrogen) atoms. The zero-order valence-electron chi connectivity index (χ0n) is 21.0. The fourth-order valence-corrected chi connectivity index (χ4v) is 6.58. The van der Waals surface area contributed by atoms with E-state index in [2.05, 4.69) is 15.6 Å². The minimum atomic E-state index is -1.33. The van der Waals surface area contributed by atoms with E-state index in [0.29, 0.717) is 27.0 Å². The van der Waals surface area contributed by atoms with Gasteiger partial charge in [0.05, 0.1) is 16.5 Å². The number of fused-ring (bicyclic) bond motifs is 1. The molecule has 0 radical (unpaired) electrons. The fraction of sp³-hybridized carbons (Fsp3) is 0.0968. The van der Waals surface area contributed by atoms with Crippen molar-refractivity contribution in [2.24, 2.45) is 5.92 Å². The second-order valence-electron chi connectivity index (χ2n) is 9.82. The Kier molecular flexibility index (Phi) is 7.43. The summed E-state index contributed by atoms with van der Waals surface area (Å²) in [6.45, 7) is 0. The summed E-state index contributed by atoms with van der Waals surface area (Å²) in [6.07, 6.45) is 0. The number of hydrogen-bond donors (Lipinski definition) is 3. The Hall–Kier alpha value is -3.19. The first-order valence-corrected chi connectivity index (χ1v) is 14.4. The number of aromatic amines is 1. The number of amides is 2. The van der Waals surface area contributed by atoms with E-state index in [9.17, 15) is 9.59 Å². The monoisotopic (exact) mass is 641 g/mol. The lowest BCUT2D eigenvalue weighted by atomic mass is 10.1. The highest BCUT2D eigenvalue weighted by molar-refractivity contribution is 6.53. The second kappa shape index (κ2) is 10.9. The normalized spacial score (nSPS) is 17.3. The third kappa shape index (κ3) is 5.66. The van der Waals surface area contributed by atoms with Gasteiger partial charge in [-0.25, -0.2) is 0 Å². The van der Waals surface area contributed by atoms with Crippen LogP contribution >= 0.6 is 58.0 Å². The van der Waals surface area contributed by atoms with Crippen LogP contribution in [0.4, 0.5) is 11.4 Å². The third-order valence-electron chi connectivity index (χ3n) is 7.02. The molecule has 5 aromatic rings. The van der Waals surface area contributed by atoms with Gasteiger partial charge in [-0.3, -0.25) is 9.59 Å². The predicted octanol–water partition coefficient (Wildman–Crippen LogP) is 9.57. The van der Waals surface area contributed by atoms with Gasteiger partial charge in [0.1, 0.15) is 4.33 Å². The molecule has 206 valence electrons. The minimum Gasteiger partial charge on any atom is -0.355 e. The number of carbonyl (C=O) groups excluding carboxylic acids is 2. The number of nitrogens with one attached hydrogen (secondary N) is 3. The average Bonchev–Trinajstić information content (AvgIpc) is 3.28. The van der Waals surface area contributed by atoms with Crippen LogP contribution < -0.4 is 10.6 Å². The van der Waals surface area contributed by atoms with E-state index in [4.69, 9.17) is 58.0 Å². The summed E-state index contributed by atoms with van der Waals surface area (Å²) in [4.78, 5) is 29.7. The van der Waals surface area contributed by atoms with Crippen LogP contribution in [0.1, 0.15) is 21.8 Å². The third-order valence-corrected chi connectivity index (χ3v) is 8.73. The molecule has 2 atom stereocenters. The van der Waals surface area contributed by atoms with Gasteiger partial charge in [0.2, 0.25) is 5.91 Å². The van der Waals surface area contributed by atoms with Gasteiger partial charge in [-0.15, -0.1) is 23.2 Å². The Morgan fingerprint density at radius 1 is 0.756 bits per heavy atom. The topological polar surface area (TPSA) is 74.0 Å². The summed E-state index contributed by atoms with van der Waals surface area (Å²) in [5.41, 5.74) is 4.82. The van der Waals surface area contributed by atoms with Crippen LogP contribution in [0.3, 0.4) is 0 Å². The van der Waals surface area contributed by atoms with Crippen molar-refractivity contribution in [3.8, 4) is 11.3 Å². The summed E-state index contributed by atoms with van der Waals surface area (Å²) in [5.74, 6) is -2.08. The van der Waals surface area contributed by atoms with Crippen molar-refractivity contribution in [1.29, 1.82) is 0 Å². The maximum Gasteiger partial charge on any atom is 0.257 e. The summed E-state index contributed by atoms with van der Waals surface area (Å²) in [5, 5.41) is 7.71. The molecule has 1 aromatic heterocycles. The highest BCUT2D eigenvalue weighted by Crippen LogP contribution is 2.65. The number of alkyl halides is 2. The number of anilines is 2. The zero-order valence-corrected chi connectivity index (χ0v) is 24.8. The van der Waals surface area contributed by atoms with Gasteiger partial charge in [0.25, 0.3) is 5.91 Å². The van der Waals surface area contributed by atoms with Crippen LogP contribution in [0.5, 0.6) is 0 Å². The summed E-state index contributed by atoms with van der Waals surface area (Å²) < 4.78 is -1.33. The van der Waals surface area contributed by atoms with Crippen LogP contribution in [0.15, 0.2) is 91.0 Å². The SMILES string of the molecule is O=C(Nc1ccc2[nH]c(-c3ccccc3)cc2c1)c1cc(NC(=O)[C@H]2[C@H](c3cc(Cl)cc(Cl)c3)C2(Cl)Cl)ccc1Cl. The van der Waals surface area contributed by atoms with Crippen molar-refractivity contribution in [3.05, 3.63) is 117 Å². The van der Waals surface area contributed by atoms with E-state index in [1.54, 1.807) is 36.4 Å². The lowest BCUT2D eigenvalue weighted by molar-refractivity contribution is -0.117. The Morgan fingerprint density at radius 2 is 1.44 bits per heavy atom. The standard InChI is InChI=1S/C31H20Cl5N3O2/c32-19-10-18(11-20(33)14-19)27-28(31(27,35)36)30(41)38-22-6-8-24(34)23(15-22)29(40)37-21-7-9-25-17(12-21)13-26(39-25)16-4-2-1-3-5-16/h1-15,27-28,39H,(H,37,40)(H,38,41)/t27-,28+/m0/s1. The van der Waals surface area contributed by atoms with Crippen LogP contribution in [0.25, 0.3) is 22.2 Å². The minimum absolute atomic E-state index is 0.195. The summed E-state index contributed by atoms with van der Waals surface area (Å²) in [6, 6.07) is 27.2. The number of halogens is 5. The molecule has 2 amide bonds. The van der Waals surface area contributed by atoms with E-state index in [1.807, 2.05) is 48.5 Å². The lowest BCUT2D eigenvalue weighted by Gasteiger charge is -2.10. The van der Waals surface area contributed by atoms with Gasteiger partial charge in [-0.1, -0.05) is 65.1 Å². The average molecular weight is 644 g/mol. The highest BCUT2D eigenvalue weighted by Gasteiger charge is 2.67. The van der Waals surface area contributed by atoms with Gasteiger partial charge < -0.3 is 15.6 Å². The van der Waals surface area contributed by atoms with E-state index >= 15 is 0 Å². The summed E-state index contributed by atoms with van der Waals surface area (Å²) >= 11 is 31.6. The van der Waals surface area contributed by atoms with Crippen molar-refractivity contribution in [3.63, 3.8) is 0 Å². The molecule has 1 aliphatic carbocycles. The molecule has 4 aromatic carbocycles. The van der Waals surface area contributed by atoms with Crippen molar-refractivity contribution in [2.75, 3.05) is 10.6 Å². The molecule has 3 N–H and O–H groups in total. The second-order valence-corrected chi connectivity index (χ2v) is 12.5. The highest BCUT2D eigenvalue weighted by atomic mass is 35.5. The number of carbonyl (C=O) groups is 2. The molecule has 1 fully saturated rings. The van der Waals surface area contributed by atoms with E-state index < -0.39 is 28.0 Å². The van der Waals surface area contributed by atoms with Crippen LogP contribution in [-0.4, -0.2) is 21.1 Å². The molecule has 0 bridgehead atoms. The Morgan fingerprint density at radius 3 is 2.17 bits per heavy atom. The number of rotatable bonds is 6. The van der Waals surface area contributed by atoms with Crippen molar-refractivity contribution in [1.82, 2.24) is 4.98 Å². The van der Waals surface area contributed by atoms with E-state index in [1.165, 1.54) is 6.07 Å². The number of hydrogen-bond acceptors (Lipinski definition) is 2. The largest absolute Gasteiger partial charge is 0.355 e. The molecule has 0 saturated heterocycles. The summed E-state index contributed by atoms with van der Waals surface area (Å²) in [7, 11) is 0. The molecule has 1 heterocycles. The van der Waals surface area contributed by atoms with Gasteiger partial charge in [-0.2, -0.15) is 0 Å². The van der Waals surface area contributed by atoms with Crippen molar-refractivity contribution < 1.29 is 9.59 Å². The first-order valence-electron chi connectivity index (χ1n) is 12.5. The smallest absolute Gasteiger partial charge is 0.257 e. The fourth-order valence-electron chi connectivity index (χ4n) is 5.00. The molecular weight excluding hydrogens is 624 g/mol. The molecule has 1 saturated carbocycles. The van der Waals surface area contributed by atoms with Gasteiger partial charge in [0, 0.05) is 43.9 Å². The van der Waals surface area contributed by atoms with Crippen LogP contribution in [-0.2, 0) is 4.79 Å². The Labute approximate surface area is 260 Å². The molecule has 10 heteroatoms. The lowest BCUT2D eigenvalue weighted by Crippen LogP contribution is -2.18. The van der Waals surface area contributed by atoms with E-state index in [0.717, 1.165) is 22.2 Å². The van der Waals surface area contributed by atoms with Crippen molar-refractivity contribution in [2.45, 2.75) is 10.3 Å². The van der Waals surface area contributed by atoms with Gasteiger partial charge in [-0.05, 0) is 71.8 Å². The zero-order chi connectivity index (χ0) is 28.9.